The fourth-order valence-corrected chi connectivity index (χ4v) is 13.9. The van der Waals surface area contributed by atoms with Crippen LogP contribution in [0.25, 0.3) is 31.3 Å². The number of thiophene rings is 1. The lowest BCUT2D eigenvalue weighted by atomic mass is 9.64. The van der Waals surface area contributed by atoms with Gasteiger partial charge in [0.15, 0.2) is 0 Å². The van der Waals surface area contributed by atoms with Gasteiger partial charge < -0.3 is 9.80 Å². The van der Waals surface area contributed by atoms with Crippen LogP contribution in [0.5, 0.6) is 0 Å². The molecule has 0 fully saturated rings. The first-order valence-electron chi connectivity index (χ1n) is 26.4. The Hall–Kier alpha value is -7.46. The van der Waals surface area contributed by atoms with Crippen LogP contribution < -0.4 is 9.80 Å². The Kier molecular flexibility index (Phi) is 10.8. The second kappa shape index (κ2) is 17.4. The molecule has 2 nitrogen and oxygen atoms in total. The maximum atomic E-state index is 2.73. The molecule has 0 bridgehead atoms. The molecule has 1 spiro atoms. The molecule has 1 unspecified atom stereocenters. The molecule has 73 heavy (non-hydrogen) atoms. The van der Waals surface area contributed by atoms with Gasteiger partial charge in [0.1, 0.15) is 0 Å². The molecule has 1 aliphatic heterocycles. The van der Waals surface area contributed by atoms with E-state index in [4.69, 9.17) is 0 Å². The standard InChI is InChI=1S/C70H62N2S/c1-68(2,3)49-37-32-46(33-38-49)66(47-34-39-50(40-35-47)69(4,5)6)48-36-42-64-55(44-48)56-45-53(41-43-65(56)73-64)71(51-20-9-7-10-21-51)63-31-19-28-60-67(63)54-24-13-14-25-57(54)70(60)58-26-15-17-29-61(58)72(52-22-11-8-12-23-52)62-30-18-16-27-59(62)70/h7-9,11-19,22-45,51,66H,10,20-21H2,1-6H3. The highest BCUT2D eigenvalue weighted by atomic mass is 32.1. The number of benzene rings is 9. The van der Waals surface area contributed by atoms with E-state index in [0.717, 1.165) is 24.9 Å². The van der Waals surface area contributed by atoms with Crippen LogP contribution in [0.15, 0.2) is 218 Å². The summed E-state index contributed by atoms with van der Waals surface area (Å²) in [6.45, 7) is 13.8. The molecule has 10 aromatic rings. The predicted molar refractivity (Wildman–Crippen MR) is 311 cm³/mol. The summed E-state index contributed by atoms with van der Waals surface area (Å²) in [4.78, 5) is 5.21. The van der Waals surface area contributed by atoms with Crippen molar-refractivity contribution < 1.29 is 0 Å². The summed E-state index contributed by atoms with van der Waals surface area (Å²) < 4.78 is 2.64. The third-order valence-corrected chi connectivity index (χ3v) is 17.5. The minimum absolute atomic E-state index is 0.0816. The van der Waals surface area contributed by atoms with Gasteiger partial charge in [-0.25, -0.2) is 0 Å². The lowest BCUT2D eigenvalue weighted by Crippen LogP contribution is -2.36. The Bertz CT molecular complexity index is 3640. The highest BCUT2D eigenvalue weighted by Crippen LogP contribution is 2.65. The number of hydrogen-bond donors (Lipinski definition) is 0. The van der Waals surface area contributed by atoms with Crippen LogP contribution in [0.4, 0.5) is 28.4 Å². The van der Waals surface area contributed by atoms with Gasteiger partial charge in [0.2, 0.25) is 0 Å². The number of hydrogen-bond acceptors (Lipinski definition) is 3. The Labute approximate surface area is 435 Å². The fourth-order valence-electron chi connectivity index (χ4n) is 12.8. The van der Waals surface area contributed by atoms with Crippen LogP contribution in [0.1, 0.15) is 117 Å². The zero-order chi connectivity index (χ0) is 49.6. The van der Waals surface area contributed by atoms with Crippen molar-refractivity contribution in [1.29, 1.82) is 0 Å². The number of rotatable bonds is 7. The smallest absolute Gasteiger partial charge is 0.0755 e. The summed E-state index contributed by atoms with van der Waals surface area (Å²) in [5, 5.41) is 2.65. The van der Waals surface area contributed by atoms with Gasteiger partial charge in [-0.05, 0) is 146 Å². The molecule has 3 aliphatic rings. The predicted octanol–water partition coefficient (Wildman–Crippen LogP) is 19.2. The summed E-state index contributed by atoms with van der Waals surface area (Å²) in [6, 6.07) is 79.5. The fraction of sp³-hybridized carbons (Fsp3) is 0.200. The van der Waals surface area contributed by atoms with Gasteiger partial charge in [-0.2, -0.15) is 0 Å². The third kappa shape index (κ3) is 7.33. The molecule has 358 valence electrons. The molecule has 0 saturated carbocycles. The first-order chi connectivity index (χ1) is 35.5. The molecule has 0 saturated heterocycles. The van der Waals surface area contributed by atoms with Crippen LogP contribution in [0.3, 0.4) is 0 Å². The summed E-state index contributed by atoms with van der Waals surface area (Å²) in [5.41, 5.74) is 20.4. The maximum absolute atomic E-state index is 2.73. The van der Waals surface area contributed by atoms with Crippen LogP contribution in [0, 0.1) is 0 Å². The largest absolute Gasteiger partial charge is 0.338 e. The number of para-hydroxylation sites is 3. The SMILES string of the molecule is CC(C)(C)c1ccc(C(c2ccc(C(C)(C)C)cc2)c2ccc3sc4ccc(N(c5cccc6c5-c5ccccc5C65c6ccccc6N(c6ccccc6)c6ccccc65)C5CC=CCC5)cc4c3c2)cc1. The normalized spacial score (nSPS) is 15.7. The Morgan fingerprint density at radius 2 is 1.05 bits per heavy atom. The van der Waals surface area contributed by atoms with Crippen molar-refractivity contribution in [3.63, 3.8) is 0 Å². The van der Waals surface area contributed by atoms with Crippen molar-refractivity contribution in [2.45, 2.75) is 89.0 Å². The first-order valence-corrected chi connectivity index (χ1v) is 27.2. The molecule has 9 aromatic carbocycles. The van der Waals surface area contributed by atoms with Crippen molar-refractivity contribution in [2.75, 3.05) is 9.80 Å². The summed E-state index contributed by atoms with van der Waals surface area (Å²) in [5.74, 6) is 0.0882. The van der Waals surface area contributed by atoms with Gasteiger partial charge in [0.25, 0.3) is 0 Å². The lowest BCUT2D eigenvalue weighted by molar-refractivity contribution is 0.589. The van der Waals surface area contributed by atoms with Crippen molar-refractivity contribution in [2.24, 2.45) is 0 Å². The van der Waals surface area contributed by atoms with Crippen LogP contribution in [0.2, 0.25) is 0 Å². The molecular weight excluding hydrogens is 901 g/mol. The highest BCUT2D eigenvalue weighted by Gasteiger charge is 2.52. The zero-order valence-electron chi connectivity index (χ0n) is 42.9. The molecule has 2 aliphatic carbocycles. The monoisotopic (exact) mass is 962 g/mol. The number of nitrogens with zero attached hydrogens (tertiary/aromatic N) is 2. The van der Waals surface area contributed by atoms with Crippen molar-refractivity contribution in [1.82, 2.24) is 0 Å². The number of fused-ring (bicyclic) bond motifs is 12. The van der Waals surface area contributed by atoms with Crippen molar-refractivity contribution in [3.8, 4) is 11.1 Å². The Balaban J connectivity index is 0.996. The molecule has 1 atom stereocenters. The minimum Gasteiger partial charge on any atom is -0.338 e. The van der Waals surface area contributed by atoms with Crippen LogP contribution in [-0.4, -0.2) is 6.04 Å². The van der Waals surface area contributed by atoms with Gasteiger partial charge in [-0.1, -0.05) is 199 Å². The van der Waals surface area contributed by atoms with Gasteiger partial charge >= 0.3 is 0 Å². The summed E-state index contributed by atoms with van der Waals surface area (Å²) >= 11 is 1.91. The maximum Gasteiger partial charge on any atom is 0.0755 e. The first kappa shape index (κ1) is 45.4. The highest BCUT2D eigenvalue weighted by molar-refractivity contribution is 7.25. The van der Waals surface area contributed by atoms with Gasteiger partial charge in [-0.3, -0.25) is 0 Å². The molecule has 0 radical (unpaired) electrons. The van der Waals surface area contributed by atoms with Gasteiger partial charge in [0, 0.05) is 54.8 Å². The molecule has 0 amide bonds. The molecule has 3 heteroatoms. The second-order valence-electron chi connectivity index (χ2n) is 22.7. The Morgan fingerprint density at radius 1 is 0.507 bits per heavy atom. The Morgan fingerprint density at radius 3 is 1.67 bits per heavy atom. The van der Waals surface area contributed by atoms with E-state index in [1.54, 1.807) is 0 Å². The average molecular weight is 963 g/mol. The van der Waals surface area contributed by atoms with E-state index in [2.05, 4.69) is 270 Å². The molecule has 0 N–H and O–H groups in total. The summed E-state index contributed by atoms with van der Waals surface area (Å²) in [6.07, 6.45) is 7.93. The van der Waals surface area contributed by atoms with E-state index in [-0.39, 0.29) is 22.8 Å². The van der Waals surface area contributed by atoms with E-state index in [0.29, 0.717) is 0 Å². The van der Waals surface area contributed by atoms with Crippen LogP contribution in [-0.2, 0) is 16.2 Å². The molecule has 2 heterocycles. The van der Waals surface area contributed by atoms with E-state index >= 15 is 0 Å². The minimum atomic E-state index is -0.529. The number of anilines is 5. The average Bonchev–Trinajstić information content (AvgIpc) is 3.93. The quantitative estimate of drug-likeness (QED) is 0.116. The van der Waals surface area contributed by atoms with E-state index in [1.165, 1.54) is 104 Å². The van der Waals surface area contributed by atoms with Crippen LogP contribution >= 0.6 is 11.3 Å². The zero-order valence-corrected chi connectivity index (χ0v) is 43.7. The third-order valence-electron chi connectivity index (χ3n) is 16.3. The lowest BCUT2D eigenvalue weighted by Gasteiger charge is -2.45. The number of allylic oxidation sites excluding steroid dienone is 1. The topological polar surface area (TPSA) is 6.48 Å². The van der Waals surface area contributed by atoms with Crippen molar-refractivity contribution in [3.05, 3.63) is 268 Å². The molecule has 1 aromatic heterocycles. The molecular formula is C70H62N2S. The van der Waals surface area contributed by atoms with Crippen molar-refractivity contribution >= 4 is 59.9 Å². The summed E-state index contributed by atoms with van der Waals surface area (Å²) in [7, 11) is 0. The van der Waals surface area contributed by atoms with E-state index in [9.17, 15) is 0 Å². The van der Waals surface area contributed by atoms with Gasteiger partial charge in [-0.15, -0.1) is 11.3 Å². The second-order valence-corrected chi connectivity index (χ2v) is 23.8. The molecule has 13 rings (SSSR count). The van der Waals surface area contributed by atoms with E-state index < -0.39 is 5.41 Å². The van der Waals surface area contributed by atoms with Gasteiger partial charge in [0.05, 0.1) is 16.8 Å². The van der Waals surface area contributed by atoms with E-state index in [1.807, 2.05) is 11.3 Å².